The Morgan fingerprint density at radius 2 is 2.24 bits per heavy atom. The van der Waals surface area contributed by atoms with Crippen LogP contribution in [0.5, 0.6) is 0 Å². The summed E-state index contributed by atoms with van der Waals surface area (Å²) in [6, 6.07) is 4.59. The van der Waals surface area contributed by atoms with E-state index in [2.05, 4.69) is 29.1 Å². The third-order valence-electron chi connectivity index (χ3n) is 3.39. The maximum absolute atomic E-state index is 10.8. The zero-order valence-corrected chi connectivity index (χ0v) is 12.5. The molecule has 0 bridgehead atoms. The predicted octanol–water partition coefficient (Wildman–Crippen LogP) is 2.95. The number of hydrogen-bond acceptors (Lipinski definition) is 5. The first-order valence-corrected chi connectivity index (χ1v) is 6.78. The number of ether oxygens (including phenoxy) is 1. The van der Waals surface area contributed by atoms with E-state index in [1.165, 1.54) is 12.1 Å². The van der Waals surface area contributed by atoms with E-state index in [1.54, 1.807) is 13.2 Å². The van der Waals surface area contributed by atoms with E-state index in [9.17, 15) is 10.1 Å². The van der Waals surface area contributed by atoms with Crippen LogP contribution < -0.4 is 5.32 Å². The van der Waals surface area contributed by atoms with E-state index < -0.39 is 4.92 Å². The van der Waals surface area contributed by atoms with Crippen molar-refractivity contribution in [2.75, 3.05) is 25.6 Å². The molecule has 0 amide bonds. The van der Waals surface area contributed by atoms with Gasteiger partial charge in [0.1, 0.15) is 0 Å². The molecule has 0 fully saturated rings. The standard InChI is InChI=1S/C14H20N4O3/c1-14(2,6-7-21-3)9-15-13-16-11-5-4-10(18(19)20)8-12(11)17-13/h4-5,8H,6-7,9H2,1-3H3,(H2,15,16,17). The first-order valence-electron chi connectivity index (χ1n) is 6.78. The summed E-state index contributed by atoms with van der Waals surface area (Å²) in [6.07, 6.45) is 0.933. The molecule has 1 aromatic carbocycles. The summed E-state index contributed by atoms with van der Waals surface area (Å²) in [4.78, 5) is 17.8. The van der Waals surface area contributed by atoms with E-state index in [4.69, 9.17) is 4.74 Å². The predicted molar refractivity (Wildman–Crippen MR) is 81.5 cm³/mol. The van der Waals surface area contributed by atoms with Crippen molar-refractivity contribution in [3.8, 4) is 0 Å². The van der Waals surface area contributed by atoms with Crippen molar-refractivity contribution in [2.45, 2.75) is 20.3 Å². The van der Waals surface area contributed by atoms with Crippen molar-refractivity contribution in [2.24, 2.45) is 5.41 Å². The Bertz CT molecular complexity index is 636. The van der Waals surface area contributed by atoms with Gasteiger partial charge in [0, 0.05) is 32.4 Å². The number of nitrogens with one attached hydrogen (secondary N) is 2. The van der Waals surface area contributed by atoms with Gasteiger partial charge in [0.05, 0.1) is 16.0 Å². The lowest BCUT2D eigenvalue weighted by molar-refractivity contribution is -0.384. The second-order valence-electron chi connectivity index (χ2n) is 5.80. The van der Waals surface area contributed by atoms with Gasteiger partial charge in [-0.05, 0) is 17.9 Å². The molecule has 1 heterocycles. The number of imidazole rings is 1. The van der Waals surface area contributed by atoms with E-state index in [0.717, 1.165) is 13.0 Å². The number of H-pyrrole nitrogens is 1. The highest BCUT2D eigenvalue weighted by Crippen LogP contribution is 2.23. The first kappa shape index (κ1) is 15.2. The summed E-state index contributed by atoms with van der Waals surface area (Å²) in [6.45, 7) is 5.73. The van der Waals surface area contributed by atoms with Gasteiger partial charge in [-0.1, -0.05) is 13.8 Å². The minimum absolute atomic E-state index is 0.0538. The molecule has 21 heavy (non-hydrogen) atoms. The van der Waals surface area contributed by atoms with E-state index >= 15 is 0 Å². The number of nitrogens with zero attached hydrogens (tertiary/aromatic N) is 2. The monoisotopic (exact) mass is 292 g/mol. The Hall–Kier alpha value is -2.15. The van der Waals surface area contributed by atoms with Crippen LogP contribution in [0.2, 0.25) is 0 Å². The van der Waals surface area contributed by atoms with Crippen LogP contribution in [0.25, 0.3) is 11.0 Å². The van der Waals surface area contributed by atoms with Gasteiger partial charge in [-0.15, -0.1) is 0 Å². The van der Waals surface area contributed by atoms with Gasteiger partial charge in [-0.3, -0.25) is 10.1 Å². The third-order valence-corrected chi connectivity index (χ3v) is 3.39. The SMILES string of the molecule is COCCC(C)(C)CNc1nc2ccc([N+](=O)[O-])cc2[nH]1. The zero-order valence-electron chi connectivity index (χ0n) is 12.5. The van der Waals surface area contributed by atoms with Crippen molar-refractivity contribution < 1.29 is 9.66 Å². The average molecular weight is 292 g/mol. The Kier molecular flexibility index (Phi) is 4.42. The fourth-order valence-electron chi connectivity index (χ4n) is 1.98. The average Bonchev–Trinajstić information content (AvgIpc) is 2.85. The topological polar surface area (TPSA) is 93.1 Å². The highest BCUT2D eigenvalue weighted by molar-refractivity contribution is 5.79. The fourth-order valence-corrected chi connectivity index (χ4v) is 1.98. The molecule has 7 heteroatoms. The van der Waals surface area contributed by atoms with Gasteiger partial charge in [0.2, 0.25) is 5.95 Å². The maximum Gasteiger partial charge on any atom is 0.271 e. The molecule has 7 nitrogen and oxygen atoms in total. The molecule has 2 rings (SSSR count). The van der Waals surface area contributed by atoms with Crippen LogP contribution in [-0.2, 0) is 4.74 Å². The molecule has 0 radical (unpaired) electrons. The van der Waals surface area contributed by atoms with Crippen molar-refractivity contribution in [1.82, 2.24) is 9.97 Å². The number of aromatic amines is 1. The van der Waals surface area contributed by atoms with Gasteiger partial charge < -0.3 is 15.0 Å². The lowest BCUT2D eigenvalue weighted by atomic mass is 9.90. The number of nitro groups is 1. The van der Waals surface area contributed by atoms with Crippen molar-refractivity contribution in [1.29, 1.82) is 0 Å². The Balaban J connectivity index is 2.07. The molecule has 0 atom stereocenters. The summed E-state index contributed by atoms with van der Waals surface area (Å²) in [7, 11) is 1.69. The highest BCUT2D eigenvalue weighted by Gasteiger charge is 2.18. The van der Waals surface area contributed by atoms with Crippen molar-refractivity contribution in [3.63, 3.8) is 0 Å². The Morgan fingerprint density at radius 1 is 1.48 bits per heavy atom. The van der Waals surface area contributed by atoms with Crippen LogP contribution >= 0.6 is 0 Å². The number of methoxy groups -OCH3 is 1. The summed E-state index contributed by atoms with van der Waals surface area (Å²) < 4.78 is 5.10. The van der Waals surface area contributed by atoms with Crippen LogP contribution in [0, 0.1) is 15.5 Å². The minimum Gasteiger partial charge on any atom is -0.385 e. The maximum atomic E-state index is 10.8. The molecule has 1 aromatic heterocycles. The number of nitro benzene ring substituents is 1. The van der Waals surface area contributed by atoms with Gasteiger partial charge >= 0.3 is 0 Å². The quantitative estimate of drug-likeness (QED) is 0.604. The van der Waals surface area contributed by atoms with Gasteiger partial charge in [0.15, 0.2) is 0 Å². The lowest BCUT2D eigenvalue weighted by Gasteiger charge is -2.24. The molecule has 0 saturated carbocycles. The highest BCUT2D eigenvalue weighted by atomic mass is 16.6. The second kappa shape index (κ2) is 6.09. The van der Waals surface area contributed by atoms with Gasteiger partial charge in [-0.2, -0.15) is 0 Å². The number of aromatic nitrogens is 2. The number of fused-ring (bicyclic) bond motifs is 1. The molecule has 2 aromatic rings. The van der Waals surface area contributed by atoms with E-state index in [-0.39, 0.29) is 11.1 Å². The molecule has 0 unspecified atom stereocenters. The molecular formula is C14H20N4O3. The fraction of sp³-hybridized carbons (Fsp3) is 0.500. The third kappa shape index (κ3) is 3.91. The molecule has 0 spiro atoms. The molecule has 0 aliphatic heterocycles. The van der Waals surface area contributed by atoms with E-state index in [1.807, 2.05) is 0 Å². The Labute approximate surface area is 122 Å². The van der Waals surface area contributed by atoms with Crippen LogP contribution in [0.3, 0.4) is 0 Å². The number of non-ortho nitro benzene ring substituents is 1. The van der Waals surface area contributed by atoms with Crippen LogP contribution in [-0.4, -0.2) is 35.2 Å². The minimum atomic E-state index is -0.415. The van der Waals surface area contributed by atoms with Crippen LogP contribution in [0.15, 0.2) is 18.2 Å². The molecule has 0 aliphatic rings. The Morgan fingerprint density at radius 3 is 2.90 bits per heavy atom. The molecule has 0 saturated heterocycles. The summed E-state index contributed by atoms with van der Waals surface area (Å²) in [5.41, 5.74) is 1.48. The second-order valence-corrected chi connectivity index (χ2v) is 5.80. The van der Waals surface area contributed by atoms with Crippen LogP contribution in [0.4, 0.5) is 11.6 Å². The largest absolute Gasteiger partial charge is 0.385 e. The zero-order chi connectivity index (χ0) is 15.5. The molecule has 2 N–H and O–H groups in total. The number of anilines is 1. The summed E-state index contributed by atoms with van der Waals surface area (Å²) >= 11 is 0. The number of benzene rings is 1. The van der Waals surface area contributed by atoms with Gasteiger partial charge in [0.25, 0.3) is 5.69 Å². The molecule has 0 aliphatic carbocycles. The lowest BCUT2D eigenvalue weighted by Crippen LogP contribution is -2.25. The molecular weight excluding hydrogens is 272 g/mol. The van der Waals surface area contributed by atoms with Crippen molar-refractivity contribution in [3.05, 3.63) is 28.3 Å². The first-order chi connectivity index (χ1) is 9.91. The van der Waals surface area contributed by atoms with Crippen LogP contribution in [0.1, 0.15) is 20.3 Å². The number of rotatable bonds is 7. The van der Waals surface area contributed by atoms with Gasteiger partial charge in [-0.25, -0.2) is 4.98 Å². The molecule has 114 valence electrons. The van der Waals surface area contributed by atoms with E-state index in [0.29, 0.717) is 23.6 Å². The normalized spacial score (nSPS) is 11.8. The smallest absolute Gasteiger partial charge is 0.271 e. The summed E-state index contributed by atoms with van der Waals surface area (Å²) in [5.74, 6) is 0.621. The number of hydrogen-bond donors (Lipinski definition) is 2. The summed E-state index contributed by atoms with van der Waals surface area (Å²) in [5, 5.41) is 14.0. The van der Waals surface area contributed by atoms with Crippen molar-refractivity contribution >= 4 is 22.7 Å².